The summed E-state index contributed by atoms with van der Waals surface area (Å²) >= 11 is 0. The van der Waals surface area contributed by atoms with Crippen LogP contribution < -0.4 is 0 Å². The number of hydrogen-bond donors (Lipinski definition) is 0. The van der Waals surface area contributed by atoms with Crippen LogP contribution in [0.3, 0.4) is 0 Å². The molecule has 0 aromatic heterocycles. The minimum absolute atomic E-state index is 0.0388. The van der Waals surface area contributed by atoms with Gasteiger partial charge in [-0.1, -0.05) is 24.3 Å². The van der Waals surface area contributed by atoms with E-state index in [9.17, 15) is 25.6 Å². The molecule has 0 aliphatic heterocycles. The second-order valence-electron chi connectivity index (χ2n) is 6.38. The molecule has 0 saturated carbocycles. The molecule has 27 heavy (non-hydrogen) atoms. The summed E-state index contributed by atoms with van der Waals surface area (Å²) in [6, 6.07) is 11.9. The fourth-order valence-electron chi connectivity index (χ4n) is 2.56. The van der Waals surface area contributed by atoms with Gasteiger partial charge in [-0.3, -0.25) is 4.90 Å². The lowest BCUT2D eigenvalue weighted by Gasteiger charge is -2.25. The average molecular weight is 417 g/mol. The van der Waals surface area contributed by atoms with Gasteiger partial charge in [0.15, 0.2) is 9.84 Å². The maximum absolute atomic E-state index is 12.6. The predicted molar refractivity (Wildman–Crippen MR) is 99.1 cm³/mol. The first kappa shape index (κ1) is 21.5. The van der Waals surface area contributed by atoms with Crippen LogP contribution in [-0.2, 0) is 26.2 Å². The van der Waals surface area contributed by atoms with Crippen molar-refractivity contribution in [1.29, 1.82) is 0 Å². The van der Waals surface area contributed by atoms with Crippen LogP contribution in [0.5, 0.6) is 0 Å². The van der Waals surface area contributed by atoms with Crippen molar-refractivity contribution >= 4 is 19.7 Å². The zero-order chi connectivity index (χ0) is 20.4. The number of alkyl halides is 2. The molecule has 0 radical (unpaired) electrons. The van der Waals surface area contributed by atoms with E-state index in [1.165, 1.54) is 24.3 Å². The largest absolute Gasteiger partial charge is 0.341 e. The molecule has 0 aliphatic rings. The van der Waals surface area contributed by atoms with Crippen molar-refractivity contribution in [2.24, 2.45) is 0 Å². The SMILES string of the molecule is CC(c1ccc(S(C)(=O)=O)cc1)N(C)Cc1ccc(S(=O)(=O)C(F)F)cc1. The second-order valence-corrected chi connectivity index (χ2v) is 10.3. The minimum atomic E-state index is -4.59. The lowest BCUT2D eigenvalue weighted by Crippen LogP contribution is -2.22. The monoisotopic (exact) mass is 417 g/mol. The lowest BCUT2D eigenvalue weighted by atomic mass is 10.1. The van der Waals surface area contributed by atoms with Crippen LogP contribution in [0.25, 0.3) is 0 Å². The number of benzene rings is 2. The van der Waals surface area contributed by atoms with Crippen LogP contribution in [0.2, 0.25) is 0 Å². The highest BCUT2D eigenvalue weighted by atomic mass is 32.2. The average Bonchev–Trinajstić information content (AvgIpc) is 2.60. The van der Waals surface area contributed by atoms with Gasteiger partial charge in [-0.15, -0.1) is 0 Å². The van der Waals surface area contributed by atoms with Gasteiger partial charge in [0.05, 0.1) is 9.79 Å². The zero-order valence-corrected chi connectivity index (χ0v) is 16.8. The highest BCUT2D eigenvalue weighted by molar-refractivity contribution is 7.91. The van der Waals surface area contributed by atoms with E-state index < -0.39 is 30.3 Å². The van der Waals surface area contributed by atoms with Crippen molar-refractivity contribution < 1.29 is 25.6 Å². The van der Waals surface area contributed by atoms with E-state index in [0.717, 1.165) is 17.4 Å². The van der Waals surface area contributed by atoms with E-state index in [-0.39, 0.29) is 10.9 Å². The minimum Gasteiger partial charge on any atom is -0.295 e. The fourth-order valence-corrected chi connectivity index (χ4v) is 3.91. The molecule has 0 heterocycles. The molecule has 0 fully saturated rings. The summed E-state index contributed by atoms with van der Waals surface area (Å²) in [4.78, 5) is 1.82. The van der Waals surface area contributed by atoms with Gasteiger partial charge in [0.25, 0.3) is 0 Å². The van der Waals surface area contributed by atoms with Gasteiger partial charge >= 0.3 is 5.76 Å². The Morgan fingerprint density at radius 3 is 1.81 bits per heavy atom. The van der Waals surface area contributed by atoms with Gasteiger partial charge in [-0.2, -0.15) is 8.78 Å². The molecule has 1 atom stereocenters. The number of sulfone groups is 2. The predicted octanol–water partition coefficient (Wildman–Crippen LogP) is 3.28. The summed E-state index contributed by atoms with van der Waals surface area (Å²) in [5.74, 6) is -3.44. The van der Waals surface area contributed by atoms with E-state index in [0.29, 0.717) is 6.54 Å². The number of nitrogens with zero attached hydrogens (tertiary/aromatic N) is 1. The first-order chi connectivity index (χ1) is 12.4. The highest BCUT2D eigenvalue weighted by Gasteiger charge is 2.26. The first-order valence-electron chi connectivity index (χ1n) is 8.04. The molecular weight excluding hydrogens is 396 g/mol. The normalized spacial score (nSPS) is 13.9. The highest BCUT2D eigenvalue weighted by Crippen LogP contribution is 2.24. The molecule has 2 rings (SSSR count). The summed E-state index contributed by atoms with van der Waals surface area (Å²) in [6.07, 6.45) is 1.15. The number of halogens is 2. The van der Waals surface area contributed by atoms with Gasteiger partial charge in [-0.25, -0.2) is 16.8 Å². The molecule has 148 valence electrons. The van der Waals surface area contributed by atoms with E-state index in [2.05, 4.69) is 0 Å². The summed E-state index contributed by atoms with van der Waals surface area (Å²) in [7, 11) is -5.99. The first-order valence-corrected chi connectivity index (χ1v) is 11.5. The van der Waals surface area contributed by atoms with Crippen LogP contribution in [0, 0.1) is 0 Å². The summed E-state index contributed by atoms with van der Waals surface area (Å²) in [6.45, 7) is 2.41. The molecule has 0 bridgehead atoms. The van der Waals surface area contributed by atoms with E-state index in [4.69, 9.17) is 0 Å². The molecule has 0 amide bonds. The van der Waals surface area contributed by atoms with Crippen LogP contribution in [0.1, 0.15) is 24.1 Å². The van der Waals surface area contributed by atoms with Crippen LogP contribution in [0.4, 0.5) is 8.78 Å². The van der Waals surface area contributed by atoms with Crippen molar-refractivity contribution in [2.45, 2.75) is 35.1 Å². The molecule has 5 nitrogen and oxygen atoms in total. The van der Waals surface area contributed by atoms with Gasteiger partial charge in [0.2, 0.25) is 9.84 Å². The third-order valence-electron chi connectivity index (χ3n) is 4.37. The van der Waals surface area contributed by atoms with Gasteiger partial charge in [-0.05, 0) is 49.4 Å². The Morgan fingerprint density at radius 1 is 0.889 bits per heavy atom. The standard InChI is InChI=1S/C18H21F2NO4S2/c1-13(15-6-10-16(11-7-15)26(3,22)23)21(2)12-14-4-8-17(9-5-14)27(24,25)18(19)20/h4-11,13,18H,12H2,1-3H3. The maximum atomic E-state index is 12.6. The van der Waals surface area contributed by atoms with Crippen molar-refractivity contribution in [3.05, 3.63) is 59.7 Å². The molecular formula is C18H21F2NO4S2. The van der Waals surface area contributed by atoms with Crippen LogP contribution in [0.15, 0.2) is 58.3 Å². The molecule has 0 N–H and O–H groups in total. The van der Waals surface area contributed by atoms with Crippen molar-refractivity contribution in [3.8, 4) is 0 Å². The molecule has 2 aromatic carbocycles. The van der Waals surface area contributed by atoms with Crippen LogP contribution in [-0.4, -0.2) is 40.8 Å². The van der Waals surface area contributed by atoms with Gasteiger partial charge < -0.3 is 0 Å². The topological polar surface area (TPSA) is 71.5 Å². The van der Waals surface area contributed by atoms with E-state index in [1.54, 1.807) is 24.3 Å². The molecule has 2 aromatic rings. The Labute approximate surface area is 158 Å². The summed E-state index contributed by atoms with van der Waals surface area (Å²) in [5, 5.41) is 0. The lowest BCUT2D eigenvalue weighted by molar-refractivity contribution is 0.234. The van der Waals surface area contributed by atoms with E-state index >= 15 is 0 Å². The summed E-state index contributed by atoms with van der Waals surface area (Å²) in [5.41, 5.74) is 1.69. The van der Waals surface area contributed by atoms with Crippen molar-refractivity contribution in [3.63, 3.8) is 0 Å². The smallest absolute Gasteiger partial charge is 0.295 e. The molecule has 0 saturated heterocycles. The molecule has 0 aliphatic carbocycles. The van der Waals surface area contributed by atoms with E-state index in [1.807, 2.05) is 18.9 Å². The van der Waals surface area contributed by atoms with Crippen molar-refractivity contribution in [1.82, 2.24) is 4.90 Å². The molecule has 9 heteroatoms. The second kappa shape index (κ2) is 8.04. The van der Waals surface area contributed by atoms with Crippen molar-refractivity contribution in [2.75, 3.05) is 13.3 Å². The zero-order valence-electron chi connectivity index (χ0n) is 15.1. The Bertz CT molecular complexity index is 987. The third-order valence-corrected chi connectivity index (χ3v) is 6.90. The quantitative estimate of drug-likeness (QED) is 0.691. The Balaban J connectivity index is 2.11. The van der Waals surface area contributed by atoms with Crippen LogP contribution >= 0.6 is 0 Å². The Kier molecular flexibility index (Phi) is 6.39. The number of hydrogen-bond acceptors (Lipinski definition) is 5. The Hall–Kier alpha value is -1.84. The van der Waals surface area contributed by atoms with Gasteiger partial charge in [0, 0.05) is 18.8 Å². The fraction of sp³-hybridized carbons (Fsp3) is 0.333. The Morgan fingerprint density at radius 2 is 1.37 bits per heavy atom. The maximum Gasteiger partial charge on any atom is 0.341 e. The number of rotatable bonds is 7. The third kappa shape index (κ3) is 5.12. The molecule has 0 spiro atoms. The summed E-state index contributed by atoms with van der Waals surface area (Å²) < 4.78 is 71.1. The van der Waals surface area contributed by atoms with Gasteiger partial charge in [0.1, 0.15) is 0 Å². The molecule has 1 unspecified atom stereocenters.